The van der Waals surface area contributed by atoms with E-state index in [0.717, 1.165) is 52.0 Å². The molecule has 4 heteroatoms. The smallest absolute Gasteiger partial charge is 0.0728 e. The van der Waals surface area contributed by atoms with E-state index in [0.29, 0.717) is 0 Å². The zero-order valence-electron chi connectivity index (χ0n) is 12.0. The van der Waals surface area contributed by atoms with Crippen LogP contribution < -0.4 is 0 Å². The van der Waals surface area contributed by atoms with Gasteiger partial charge in [-0.1, -0.05) is 30.3 Å². The minimum absolute atomic E-state index is 0. The molecule has 3 rings (SSSR count). The van der Waals surface area contributed by atoms with Crippen molar-refractivity contribution in [3.05, 3.63) is 41.2 Å². The topological polar surface area (TPSA) is 37.6 Å². The molecule has 3 nitrogen and oxygen atoms in total. The average Bonchev–Trinajstić information content (AvgIpc) is 2.44. The summed E-state index contributed by atoms with van der Waals surface area (Å²) < 4.78 is 0. The molecule has 1 aromatic rings. The van der Waals surface area contributed by atoms with E-state index in [-0.39, 0.29) is 38.6 Å². The summed E-state index contributed by atoms with van der Waals surface area (Å²) in [5.41, 5.74) is 0.808. The SMILES string of the molecule is OC1(C(CN2CC[N-]CC2)c2ccccc2)CCC1.[Y]. The minimum Gasteiger partial charge on any atom is -0.660 e. The van der Waals surface area contributed by atoms with Gasteiger partial charge in [-0.05, 0) is 37.9 Å². The molecule has 1 radical (unpaired) electrons. The van der Waals surface area contributed by atoms with Gasteiger partial charge >= 0.3 is 0 Å². The average molecular weight is 348 g/mol. The molecule has 0 bridgehead atoms. The molecule has 0 spiro atoms. The van der Waals surface area contributed by atoms with Crippen LogP contribution in [0.5, 0.6) is 0 Å². The van der Waals surface area contributed by atoms with Crippen LogP contribution in [0, 0.1) is 0 Å². The first-order valence-corrected chi connectivity index (χ1v) is 7.41. The molecule has 0 aromatic heterocycles. The van der Waals surface area contributed by atoms with Crippen molar-refractivity contribution < 1.29 is 37.8 Å². The van der Waals surface area contributed by atoms with Crippen LogP contribution in [0.15, 0.2) is 30.3 Å². The monoisotopic (exact) mass is 348 g/mol. The van der Waals surface area contributed by atoms with Crippen molar-refractivity contribution in [1.82, 2.24) is 4.90 Å². The summed E-state index contributed by atoms with van der Waals surface area (Å²) >= 11 is 0. The van der Waals surface area contributed by atoms with Gasteiger partial charge in [-0.3, -0.25) is 0 Å². The van der Waals surface area contributed by atoms with Gasteiger partial charge in [0.15, 0.2) is 0 Å². The molecule has 1 aliphatic heterocycles. The molecule has 1 aromatic carbocycles. The van der Waals surface area contributed by atoms with Crippen LogP contribution in [0.3, 0.4) is 0 Å². The summed E-state index contributed by atoms with van der Waals surface area (Å²) in [6, 6.07) is 10.5. The molecule has 2 aliphatic rings. The molecule has 1 heterocycles. The number of rotatable bonds is 4. The van der Waals surface area contributed by atoms with E-state index < -0.39 is 5.60 Å². The van der Waals surface area contributed by atoms with E-state index in [9.17, 15) is 5.11 Å². The molecule has 0 amide bonds. The first-order chi connectivity index (χ1) is 9.28. The summed E-state index contributed by atoms with van der Waals surface area (Å²) in [4.78, 5) is 2.46. The summed E-state index contributed by atoms with van der Waals surface area (Å²) in [6.45, 7) is 4.94. The number of hydrogen-bond donors (Lipinski definition) is 1. The number of hydrogen-bond acceptors (Lipinski definition) is 2. The van der Waals surface area contributed by atoms with Gasteiger partial charge in [0.05, 0.1) is 5.60 Å². The van der Waals surface area contributed by atoms with Crippen molar-refractivity contribution in [1.29, 1.82) is 0 Å². The fourth-order valence-corrected chi connectivity index (χ4v) is 3.25. The number of benzene rings is 1. The van der Waals surface area contributed by atoms with E-state index >= 15 is 0 Å². The van der Waals surface area contributed by atoms with Crippen LogP contribution in [-0.2, 0) is 32.7 Å². The van der Waals surface area contributed by atoms with Gasteiger partial charge in [-0.25, -0.2) is 0 Å². The molecular formula is C16H23N2OY-. The van der Waals surface area contributed by atoms with Gasteiger partial charge in [0, 0.05) is 45.2 Å². The number of piperazine rings is 1. The Balaban J connectivity index is 0.00000147. The van der Waals surface area contributed by atoms with Gasteiger partial charge in [0.25, 0.3) is 0 Å². The van der Waals surface area contributed by atoms with E-state index in [4.69, 9.17) is 0 Å². The van der Waals surface area contributed by atoms with Crippen molar-refractivity contribution in [2.45, 2.75) is 30.8 Å². The molecule has 1 unspecified atom stereocenters. The van der Waals surface area contributed by atoms with Crippen molar-refractivity contribution >= 4 is 0 Å². The molecule has 1 saturated heterocycles. The second-order valence-corrected chi connectivity index (χ2v) is 5.89. The Morgan fingerprint density at radius 2 is 1.80 bits per heavy atom. The number of nitrogens with zero attached hydrogens (tertiary/aromatic N) is 2. The first-order valence-electron chi connectivity index (χ1n) is 7.41. The van der Waals surface area contributed by atoms with Crippen LogP contribution in [0.1, 0.15) is 30.7 Å². The third kappa shape index (κ3) is 3.69. The van der Waals surface area contributed by atoms with Gasteiger partial charge < -0.3 is 15.3 Å². The summed E-state index contributed by atoms with van der Waals surface area (Å²) in [6.07, 6.45) is 3.06. The maximum atomic E-state index is 10.8. The standard InChI is InChI=1S/C16H23N2O.Y/c19-16(7-4-8-16)15(14-5-2-1-3-6-14)13-18-11-9-17-10-12-18;/h1-3,5-6,15,19H,4,7-13H2;/q-1;. The first kappa shape index (κ1) is 16.6. The van der Waals surface area contributed by atoms with E-state index in [2.05, 4.69) is 34.5 Å². The maximum Gasteiger partial charge on any atom is 0.0728 e. The molecule has 1 N–H and O–H groups in total. The Labute approximate surface area is 147 Å². The van der Waals surface area contributed by atoms with Gasteiger partial charge in [0.2, 0.25) is 0 Å². The zero-order chi connectivity index (χ0) is 13.1. The van der Waals surface area contributed by atoms with Crippen molar-refractivity contribution in [2.75, 3.05) is 32.7 Å². The third-order valence-corrected chi connectivity index (χ3v) is 4.66. The summed E-state index contributed by atoms with van der Waals surface area (Å²) in [5.74, 6) is 0.251. The maximum absolute atomic E-state index is 10.8. The fraction of sp³-hybridized carbons (Fsp3) is 0.625. The summed E-state index contributed by atoms with van der Waals surface area (Å²) in [7, 11) is 0. The Morgan fingerprint density at radius 1 is 1.15 bits per heavy atom. The van der Waals surface area contributed by atoms with E-state index in [1.54, 1.807) is 0 Å². The fourth-order valence-electron chi connectivity index (χ4n) is 3.25. The van der Waals surface area contributed by atoms with Gasteiger partial charge in [-0.2, -0.15) is 0 Å². The molecule has 107 valence electrons. The molecule has 1 atom stereocenters. The molecule has 1 saturated carbocycles. The quantitative estimate of drug-likeness (QED) is 0.907. The Kier molecular flexibility index (Phi) is 6.18. The van der Waals surface area contributed by atoms with E-state index in [1.807, 2.05) is 6.07 Å². The normalized spacial score (nSPS) is 23.4. The molecular weight excluding hydrogens is 325 g/mol. The minimum atomic E-state index is -0.476. The molecule has 20 heavy (non-hydrogen) atoms. The van der Waals surface area contributed by atoms with E-state index in [1.165, 1.54) is 5.56 Å². The Morgan fingerprint density at radius 3 is 2.35 bits per heavy atom. The van der Waals surface area contributed by atoms with Crippen molar-refractivity contribution in [3.8, 4) is 0 Å². The van der Waals surface area contributed by atoms with Gasteiger partial charge in [-0.15, -0.1) is 13.1 Å². The van der Waals surface area contributed by atoms with Crippen LogP contribution >= 0.6 is 0 Å². The Bertz CT molecular complexity index is 402. The predicted molar refractivity (Wildman–Crippen MR) is 77.5 cm³/mol. The third-order valence-electron chi connectivity index (χ3n) is 4.66. The zero-order valence-corrected chi connectivity index (χ0v) is 14.9. The Hall–Kier alpha value is 0.204. The molecule has 1 aliphatic carbocycles. The summed E-state index contributed by atoms with van der Waals surface area (Å²) in [5, 5.41) is 15.2. The largest absolute Gasteiger partial charge is 0.660 e. The second-order valence-electron chi connectivity index (χ2n) is 5.89. The van der Waals surface area contributed by atoms with Crippen LogP contribution in [0.2, 0.25) is 0 Å². The van der Waals surface area contributed by atoms with Crippen LogP contribution in [-0.4, -0.2) is 48.3 Å². The molecule has 2 fully saturated rings. The number of aliphatic hydroxyl groups is 1. The second kappa shape index (κ2) is 7.46. The van der Waals surface area contributed by atoms with Crippen molar-refractivity contribution in [3.63, 3.8) is 0 Å². The van der Waals surface area contributed by atoms with Crippen molar-refractivity contribution in [2.24, 2.45) is 0 Å². The van der Waals surface area contributed by atoms with Gasteiger partial charge in [0.1, 0.15) is 0 Å². The van der Waals surface area contributed by atoms with Crippen LogP contribution in [0.4, 0.5) is 0 Å². The van der Waals surface area contributed by atoms with Crippen LogP contribution in [0.25, 0.3) is 5.32 Å². The predicted octanol–water partition coefficient (Wildman–Crippen LogP) is 2.37.